The first kappa shape index (κ1) is 11.5. The molecule has 1 rings (SSSR count). The van der Waals surface area contributed by atoms with Gasteiger partial charge < -0.3 is 0 Å². The van der Waals surface area contributed by atoms with E-state index in [9.17, 15) is 19.7 Å². The predicted molar refractivity (Wildman–Crippen MR) is 53.2 cm³/mol. The zero-order chi connectivity index (χ0) is 12.3. The van der Waals surface area contributed by atoms with Gasteiger partial charge in [-0.25, -0.2) is 0 Å². The molecule has 1 aromatic carbocycles. The first-order valence-electron chi connectivity index (χ1n) is 4.20. The van der Waals surface area contributed by atoms with Gasteiger partial charge in [-0.05, 0) is 19.1 Å². The van der Waals surface area contributed by atoms with Crippen molar-refractivity contribution in [3.05, 3.63) is 38.9 Å². The maximum Gasteiger partial charge on any atom is 0.297 e. The molecule has 0 spiro atoms. The number of ketones is 1. The Morgan fingerprint density at radius 3 is 2.56 bits per heavy atom. The van der Waals surface area contributed by atoms with Gasteiger partial charge in [0.1, 0.15) is 11.6 Å². The lowest BCUT2D eigenvalue weighted by molar-refractivity contribution is -0.385. The van der Waals surface area contributed by atoms with Crippen molar-refractivity contribution in [1.29, 1.82) is 5.26 Å². The highest BCUT2D eigenvalue weighted by Gasteiger charge is 2.21. The molecule has 1 aromatic rings. The summed E-state index contributed by atoms with van der Waals surface area (Å²) in [5, 5.41) is 19.4. The second-order valence-electron chi connectivity index (χ2n) is 3.00. The first-order valence-corrected chi connectivity index (χ1v) is 4.20. The predicted octanol–water partition coefficient (Wildman–Crippen LogP) is 1.48. The van der Waals surface area contributed by atoms with E-state index >= 15 is 0 Å². The van der Waals surface area contributed by atoms with Crippen LogP contribution in [-0.4, -0.2) is 17.0 Å². The van der Waals surface area contributed by atoms with Crippen LogP contribution in [0.5, 0.6) is 0 Å². The molecule has 0 saturated heterocycles. The topological polar surface area (TPSA) is 101 Å². The van der Waals surface area contributed by atoms with Crippen molar-refractivity contribution in [3.63, 3.8) is 0 Å². The SMILES string of the molecule is CC(=O)c1cc(C#N)c([N+](=O)[O-])c(C=O)c1. The van der Waals surface area contributed by atoms with Crippen LogP contribution >= 0.6 is 0 Å². The molecular formula is C10H6N2O4. The molecule has 6 nitrogen and oxygen atoms in total. The summed E-state index contributed by atoms with van der Waals surface area (Å²) in [4.78, 5) is 31.6. The summed E-state index contributed by atoms with van der Waals surface area (Å²) in [6.45, 7) is 1.25. The molecule has 0 heterocycles. The minimum atomic E-state index is -0.813. The molecule has 0 radical (unpaired) electrons. The summed E-state index contributed by atoms with van der Waals surface area (Å²) in [7, 11) is 0. The number of nitro benzene ring substituents is 1. The number of benzene rings is 1. The van der Waals surface area contributed by atoms with Crippen molar-refractivity contribution in [3.8, 4) is 6.07 Å². The van der Waals surface area contributed by atoms with Crippen LogP contribution in [0.2, 0.25) is 0 Å². The van der Waals surface area contributed by atoms with Crippen LogP contribution in [0.25, 0.3) is 0 Å². The molecule has 0 bridgehead atoms. The minimum Gasteiger partial charge on any atom is -0.298 e. The Morgan fingerprint density at radius 1 is 1.56 bits per heavy atom. The van der Waals surface area contributed by atoms with E-state index in [0.717, 1.165) is 12.1 Å². The molecular weight excluding hydrogens is 212 g/mol. The standard InChI is InChI=1S/C10H6N2O4/c1-6(14)7-2-8(4-11)10(12(15)16)9(3-7)5-13/h2-3,5H,1H3. The highest BCUT2D eigenvalue weighted by atomic mass is 16.6. The molecule has 16 heavy (non-hydrogen) atoms. The van der Waals surface area contributed by atoms with Gasteiger partial charge in [-0.1, -0.05) is 0 Å². The Hall–Kier alpha value is -2.55. The van der Waals surface area contributed by atoms with E-state index < -0.39 is 10.6 Å². The quantitative estimate of drug-likeness (QED) is 0.331. The number of hydrogen-bond donors (Lipinski definition) is 0. The van der Waals surface area contributed by atoms with E-state index in [2.05, 4.69) is 0 Å². The number of hydrogen-bond acceptors (Lipinski definition) is 5. The highest BCUT2D eigenvalue weighted by Crippen LogP contribution is 2.24. The molecule has 0 N–H and O–H groups in total. The van der Waals surface area contributed by atoms with Crippen LogP contribution in [0.1, 0.15) is 33.2 Å². The number of nitro groups is 1. The van der Waals surface area contributed by atoms with E-state index in [1.807, 2.05) is 0 Å². The summed E-state index contributed by atoms with van der Waals surface area (Å²) in [6, 6.07) is 3.80. The molecule has 0 unspecified atom stereocenters. The lowest BCUT2D eigenvalue weighted by Gasteiger charge is -2.01. The number of nitrogens with zero attached hydrogens (tertiary/aromatic N) is 2. The lowest BCUT2D eigenvalue weighted by atomic mass is 10.0. The van der Waals surface area contributed by atoms with Gasteiger partial charge in [-0.15, -0.1) is 0 Å². The maximum absolute atomic E-state index is 11.1. The normalized spacial score (nSPS) is 9.25. The third-order valence-electron chi connectivity index (χ3n) is 1.98. The third kappa shape index (κ3) is 1.93. The Bertz CT molecular complexity index is 528. The smallest absolute Gasteiger partial charge is 0.297 e. The molecule has 0 aliphatic rings. The number of nitriles is 1. The molecule has 80 valence electrons. The summed E-state index contributed by atoms with van der Waals surface area (Å²) < 4.78 is 0. The van der Waals surface area contributed by atoms with Gasteiger partial charge in [-0.2, -0.15) is 5.26 Å². The van der Waals surface area contributed by atoms with E-state index in [1.165, 1.54) is 6.92 Å². The Kier molecular flexibility index (Phi) is 3.11. The van der Waals surface area contributed by atoms with Gasteiger partial charge in [0.2, 0.25) is 0 Å². The van der Waals surface area contributed by atoms with Gasteiger partial charge in [0, 0.05) is 5.56 Å². The van der Waals surface area contributed by atoms with Crippen molar-refractivity contribution in [2.45, 2.75) is 6.92 Å². The summed E-state index contributed by atoms with van der Waals surface area (Å²) in [5.41, 5.74) is -1.03. The minimum absolute atomic E-state index is 0.101. The number of carbonyl (C=O) groups excluding carboxylic acids is 2. The van der Waals surface area contributed by atoms with Gasteiger partial charge in [0.15, 0.2) is 12.1 Å². The van der Waals surface area contributed by atoms with Crippen LogP contribution in [-0.2, 0) is 0 Å². The molecule has 0 fully saturated rings. The van der Waals surface area contributed by atoms with Crippen LogP contribution in [0.15, 0.2) is 12.1 Å². The lowest BCUT2D eigenvalue weighted by Crippen LogP contribution is -2.02. The summed E-state index contributed by atoms with van der Waals surface area (Å²) in [6.07, 6.45) is 0.255. The number of Topliss-reactive ketones (excluding diaryl/α,β-unsaturated/α-hetero) is 1. The average molecular weight is 218 g/mol. The van der Waals surface area contributed by atoms with E-state index in [4.69, 9.17) is 5.26 Å². The average Bonchev–Trinajstić information content (AvgIpc) is 2.26. The Balaban J connectivity index is 3.63. The monoisotopic (exact) mass is 218 g/mol. The second kappa shape index (κ2) is 4.31. The molecule has 0 atom stereocenters. The largest absolute Gasteiger partial charge is 0.298 e. The molecule has 0 aromatic heterocycles. The highest BCUT2D eigenvalue weighted by molar-refractivity contribution is 5.97. The van der Waals surface area contributed by atoms with Gasteiger partial charge >= 0.3 is 0 Å². The number of rotatable bonds is 3. The zero-order valence-corrected chi connectivity index (χ0v) is 8.26. The van der Waals surface area contributed by atoms with Crippen molar-refractivity contribution >= 4 is 17.8 Å². The van der Waals surface area contributed by atoms with Gasteiger partial charge in [-0.3, -0.25) is 19.7 Å². The van der Waals surface area contributed by atoms with Crippen molar-refractivity contribution in [1.82, 2.24) is 0 Å². The molecule has 0 aliphatic heterocycles. The van der Waals surface area contributed by atoms with Crippen LogP contribution < -0.4 is 0 Å². The fourth-order valence-electron chi connectivity index (χ4n) is 1.24. The maximum atomic E-state index is 11.1. The van der Waals surface area contributed by atoms with Crippen LogP contribution in [0.4, 0.5) is 5.69 Å². The van der Waals surface area contributed by atoms with Crippen LogP contribution in [0, 0.1) is 21.4 Å². The number of aldehydes is 1. The molecule has 0 aliphatic carbocycles. The van der Waals surface area contributed by atoms with E-state index in [-0.39, 0.29) is 28.8 Å². The van der Waals surface area contributed by atoms with E-state index in [0.29, 0.717) is 0 Å². The second-order valence-corrected chi connectivity index (χ2v) is 3.00. The van der Waals surface area contributed by atoms with Crippen molar-refractivity contribution in [2.24, 2.45) is 0 Å². The fraction of sp³-hybridized carbons (Fsp3) is 0.100. The van der Waals surface area contributed by atoms with Crippen molar-refractivity contribution in [2.75, 3.05) is 0 Å². The van der Waals surface area contributed by atoms with E-state index in [1.54, 1.807) is 6.07 Å². The molecule has 6 heteroatoms. The Labute approximate surface area is 90.3 Å². The summed E-state index contributed by atoms with van der Waals surface area (Å²) >= 11 is 0. The Morgan fingerprint density at radius 2 is 2.19 bits per heavy atom. The molecule has 0 amide bonds. The van der Waals surface area contributed by atoms with Crippen LogP contribution in [0.3, 0.4) is 0 Å². The van der Waals surface area contributed by atoms with Crippen molar-refractivity contribution < 1.29 is 14.5 Å². The fourth-order valence-corrected chi connectivity index (χ4v) is 1.24. The first-order chi connectivity index (χ1) is 7.51. The van der Waals surface area contributed by atoms with Gasteiger partial charge in [0.05, 0.1) is 10.5 Å². The third-order valence-corrected chi connectivity index (χ3v) is 1.98. The number of carbonyl (C=O) groups is 2. The van der Waals surface area contributed by atoms with Gasteiger partial charge in [0.25, 0.3) is 5.69 Å². The zero-order valence-electron chi connectivity index (χ0n) is 8.26. The summed E-state index contributed by atoms with van der Waals surface area (Å²) in [5.74, 6) is -0.366. The molecule has 0 saturated carbocycles.